The zero-order chi connectivity index (χ0) is 12.4. The van der Waals surface area contributed by atoms with Gasteiger partial charge in [0.1, 0.15) is 5.82 Å². The molecular formula is C12H13N5O. The van der Waals surface area contributed by atoms with Crippen molar-refractivity contribution in [3.8, 4) is 0 Å². The van der Waals surface area contributed by atoms with Gasteiger partial charge in [0, 0.05) is 12.1 Å². The standard InChI is InChI=1S/C12H13N5O/c13-11-15-10(6-9-7-18-9)16-12(17-11)14-8-4-2-1-3-5-8/h1-5,9H,6-7H2,(H3,13,14,15,16,17). The largest absolute Gasteiger partial charge is 0.373 e. The summed E-state index contributed by atoms with van der Waals surface area (Å²) in [6.07, 6.45) is 0.910. The molecule has 3 rings (SSSR count). The van der Waals surface area contributed by atoms with Crippen molar-refractivity contribution in [3.05, 3.63) is 36.2 Å². The smallest absolute Gasteiger partial charge is 0.232 e. The van der Waals surface area contributed by atoms with Crippen LogP contribution in [0.15, 0.2) is 30.3 Å². The van der Waals surface area contributed by atoms with Crippen LogP contribution >= 0.6 is 0 Å². The number of ether oxygens (including phenoxy) is 1. The molecule has 2 heterocycles. The molecule has 1 aliphatic heterocycles. The van der Waals surface area contributed by atoms with Crippen LogP contribution in [0.1, 0.15) is 5.82 Å². The first-order valence-electron chi connectivity index (χ1n) is 5.74. The molecule has 1 aromatic heterocycles. The molecule has 2 aromatic rings. The maximum Gasteiger partial charge on any atom is 0.232 e. The van der Waals surface area contributed by atoms with E-state index in [1.807, 2.05) is 30.3 Å². The number of rotatable bonds is 4. The van der Waals surface area contributed by atoms with Gasteiger partial charge >= 0.3 is 0 Å². The Kier molecular flexibility index (Phi) is 2.77. The van der Waals surface area contributed by atoms with Gasteiger partial charge in [-0.05, 0) is 12.1 Å². The summed E-state index contributed by atoms with van der Waals surface area (Å²) in [6, 6.07) is 9.69. The summed E-state index contributed by atoms with van der Waals surface area (Å²) in [4.78, 5) is 12.5. The highest BCUT2D eigenvalue weighted by Gasteiger charge is 2.24. The minimum atomic E-state index is 0.221. The van der Waals surface area contributed by atoms with E-state index in [0.29, 0.717) is 18.2 Å². The van der Waals surface area contributed by atoms with Crippen molar-refractivity contribution in [2.24, 2.45) is 0 Å². The van der Waals surface area contributed by atoms with E-state index in [9.17, 15) is 0 Å². The van der Waals surface area contributed by atoms with E-state index in [0.717, 1.165) is 12.3 Å². The first kappa shape index (κ1) is 10.9. The SMILES string of the molecule is Nc1nc(CC2CO2)nc(Nc2ccccc2)n1. The molecule has 0 radical (unpaired) electrons. The molecule has 1 aliphatic rings. The molecule has 0 aliphatic carbocycles. The van der Waals surface area contributed by atoms with E-state index >= 15 is 0 Å². The second-order valence-electron chi connectivity index (χ2n) is 4.08. The Morgan fingerprint density at radius 2 is 2.00 bits per heavy atom. The van der Waals surface area contributed by atoms with Crippen molar-refractivity contribution in [1.82, 2.24) is 15.0 Å². The number of hydrogen-bond donors (Lipinski definition) is 2. The molecule has 18 heavy (non-hydrogen) atoms. The van der Waals surface area contributed by atoms with E-state index < -0.39 is 0 Å². The van der Waals surface area contributed by atoms with Crippen molar-refractivity contribution in [3.63, 3.8) is 0 Å². The number of nitrogen functional groups attached to an aromatic ring is 1. The number of anilines is 3. The lowest BCUT2D eigenvalue weighted by Crippen LogP contribution is -2.08. The molecule has 1 aromatic carbocycles. The number of benzene rings is 1. The third-order valence-corrected chi connectivity index (χ3v) is 2.54. The van der Waals surface area contributed by atoms with Crippen LogP contribution in [0.5, 0.6) is 0 Å². The number of aromatic nitrogens is 3. The monoisotopic (exact) mass is 243 g/mol. The summed E-state index contributed by atoms with van der Waals surface area (Å²) < 4.78 is 5.15. The van der Waals surface area contributed by atoms with Gasteiger partial charge in [-0.25, -0.2) is 0 Å². The second kappa shape index (κ2) is 4.58. The molecule has 0 amide bonds. The predicted molar refractivity (Wildman–Crippen MR) is 67.4 cm³/mol. The average molecular weight is 243 g/mol. The summed E-state index contributed by atoms with van der Waals surface area (Å²) in [5.74, 6) is 1.34. The Morgan fingerprint density at radius 3 is 2.72 bits per heavy atom. The second-order valence-corrected chi connectivity index (χ2v) is 4.08. The van der Waals surface area contributed by atoms with E-state index in [1.54, 1.807) is 0 Å². The fraction of sp³-hybridized carbons (Fsp3) is 0.250. The molecule has 0 spiro atoms. The van der Waals surface area contributed by atoms with Gasteiger partial charge in [-0.3, -0.25) is 0 Å². The third kappa shape index (κ3) is 2.72. The van der Waals surface area contributed by atoms with Crippen molar-refractivity contribution < 1.29 is 4.74 Å². The Labute approximate surface area is 104 Å². The number of nitrogens with zero attached hydrogens (tertiary/aromatic N) is 3. The number of para-hydroxylation sites is 1. The van der Waals surface area contributed by atoms with Crippen molar-refractivity contribution in [1.29, 1.82) is 0 Å². The molecule has 3 N–H and O–H groups in total. The zero-order valence-corrected chi connectivity index (χ0v) is 9.71. The Bertz CT molecular complexity index is 541. The summed E-state index contributed by atoms with van der Waals surface area (Å²) in [7, 11) is 0. The van der Waals surface area contributed by atoms with E-state index in [-0.39, 0.29) is 12.1 Å². The topological polar surface area (TPSA) is 89.2 Å². The quantitative estimate of drug-likeness (QED) is 0.783. The Morgan fingerprint density at radius 1 is 1.22 bits per heavy atom. The van der Waals surface area contributed by atoms with E-state index in [4.69, 9.17) is 10.5 Å². The van der Waals surface area contributed by atoms with E-state index in [2.05, 4.69) is 20.3 Å². The van der Waals surface area contributed by atoms with Gasteiger partial charge in [-0.1, -0.05) is 18.2 Å². The molecule has 0 saturated carbocycles. The van der Waals surface area contributed by atoms with Crippen molar-refractivity contribution >= 4 is 17.6 Å². The van der Waals surface area contributed by atoms with Crippen LogP contribution in [0.3, 0.4) is 0 Å². The van der Waals surface area contributed by atoms with Gasteiger partial charge in [0.2, 0.25) is 11.9 Å². The first-order chi connectivity index (χ1) is 8.79. The highest BCUT2D eigenvalue weighted by molar-refractivity contribution is 5.53. The molecule has 6 heteroatoms. The Balaban J connectivity index is 1.80. The summed E-state index contributed by atoms with van der Waals surface area (Å²) in [5, 5.41) is 3.10. The zero-order valence-electron chi connectivity index (χ0n) is 9.71. The molecule has 1 saturated heterocycles. The van der Waals surface area contributed by atoms with Crippen LogP contribution in [0.4, 0.5) is 17.6 Å². The molecule has 92 valence electrons. The third-order valence-electron chi connectivity index (χ3n) is 2.54. The van der Waals surface area contributed by atoms with Crippen LogP contribution < -0.4 is 11.1 Å². The molecule has 1 atom stereocenters. The summed E-state index contributed by atoms with van der Waals surface area (Å²) >= 11 is 0. The predicted octanol–water partition coefficient (Wildman–Crippen LogP) is 1.14. The lowest BCUT2D eigenvalue weighted by molar-refractivity contribution is 0.404. The molecule has 1 fully saturated rings. The number of hydrogen-bond acceptors (Lipinski definition) is 6. The number of nitrogens with two attached hydrogens (primary N) is 1. The van der Waals surface area contributed by atoms with Gasteiger partial charge in [0.15, 0.2) is 0 Å². The fourth-order valence-corrected chi connectivity index (χ4v) is 1.63. The number of nitrogens with one attached hydrogen (secondary N) is 1. The van der Waals surface area contributed by atoms with Crippen LogP contribution in [-0.2, 0) is 11.2 Å². The van der Waals surface area contributed by atoms with Gasteiger partial charge < -0.3 is 15.8 Å². The fourth-order valence-electron chi connectivity index (χ4n) is 1.63. The van der Waals surface area contributed by atoms with Gasteiger partial charge in [0.25, 0.3) is 0 Å². The van der Waals surface area contributed by atoms with Crippen LogP contribution in [-0.4, -0.2) is 27.7 Å². The molecule has 1 unspecified atom stereocenters. The lowest BCUT2D eigenvalue weighted by atomic mass is 10.3. The minimum Gasteiger partial charge on any atom is -0.373 e. The number of epoxide rings is 1. The lowest BCUT2D eigenvalue weighted by Gasteiger charge is -2.06. The highest BCUT2D eigenvalue weighted by Crippen LogP contribution is 2.16. The first-order valence-corrected chi connectivity index (χ1v) is 5.74. The van der Waals surface area contributed by atoms with Crippen molar-refractivity contribution in [2.75, 3.05) is 17.7 Å². The van der Waals surface area contributed by atoms with Crippen LogP contribution in [0, 0.1) is 0 Å². The maximum atomic E-state index is 5.67. The van der Waals surface area contributed by atoms with Gasteiger partial charge in [-0.15, -0.1) is 0 Å². The van der Waals surface area contributed by atoms with E-state index in [1.165, 1.54) is 0 Å². The van der Waals surface area contributed by atoms with Crippen LogP contribution in [0.2, 0.25) is 0 Å². The Hall–Kier alpha value is -2.21. The molecular weight excluding hydrogens is 230 g/mol. The van der Waals surface area contributed by atoms with Crippen molar-refractivity contribution in [2.45, 2.75) is 12.5 Å². The highest BCUT2D eigenvalue weighted by atomic mass is 16.6. The minimum absolute atomic E-state index is 0.221. The van der Waals surface area contributed by atoms with Gasteiger partial charge in [0.05, 0.1) is 12.7 Å². The normalized spacial score (nSPS) is 17.4. The van der Waals surface area contributed by atoms with Gasteiger partial charge in [-0.2, -0.15) is 15.0 Å². The summed E-state index contributed by atoms with van der Waals surface area (Å²) in [5.41, 5.74) is 6.58. The molecule has 0 bridgehead atoms. The average Bonchev–Trinajstić information content (AvgIpc) is 3.13. The van der Waals surface area contributed by atoms with Crippen LogP contribution in [0.25, 0.3) is 0 Å². The molecule has 6 nitrogen and oxygen atoms in total. The summed E-state index contributed by atoms with van der Waals surface area (Å²) in [6.45, 7) is 0.771. The maximum absolute atomic E-state index is 5.67.